The van der Waals surface area contributed by atoms with E-state index in [9.17, 15) is 9.59 Å². The number of benzene rings is 1. The van der Waals surface area contributed by atoms with Crippen molar-refractivity contribution in [3.8, 4) is 0 Å². The van der Waals surface area contributed by atoms with E-state index in [1.54, 1.807) is 16.8 Å². The lowest BCUT2D eigenvalue weighted by Crippen LogP contribution is -2.22. The number of amides is 3. The second-order valence-electron chi connectivity index (χ2n) is 7.96. The third kappa shape index (κ3) is 3.81. The maximum atomic E-state index is 11.9. The van der Waals surface area contributed by atoms with Gasteiger partial charge in [-0.15, -0.1) is 0 Å². The first-order chi connectivity index (χ1) is 15.0. The number of hydrogen-bond acceptors (Lipinski definition) is 6. The second-order valence-corrected chi connectivity index (χ2v) is 7.96. The van der Waals surface area contributed by atoms with Gasteiger partial charge in [-0.1, -0.05) is 18.2 Å². The minimum atomic E-state index is -0.535. The number of anilines is 2. The van der Waals surface area contributed by atoms with Crippen molar-refractivity contribution in [2.24, 2.45) is 0 Å². The van der Waals surface area contributed by atoms with E-state index in [1.807, 2.05) is 6.07 Å². The third-order valence-electron chi connectivity index (χ3n) is 5.62. The summed E-state index contributed by atoms with van der Waals surface area (Å²) in [5, 5.41) is 16.1. The van der Waals surface area contributed by atoms with Gasteiger partial charge >= 0.3 is 6.03 Å². The Balaban J connectivity index is 1.50. The normalized spacial score (nSPS) is 17.2. The zero-order valence-corrected chi connectivity index (χ0v) is 17.3. The van der Waals surface area contributed by atoms with Gasteiger partial charge in [0.1, 0.15) is 17.3 Å². The first kappa shape index (κ1) is 19.1. The summed E-state index contributed by atoms with van der Waals surface area (Å²) in [5.41, 5.74) is 5.12. The first-order valence-corrected chi connectivity index (χ1v) is 10.3. The van der Waals surface area contributed by atoms with Crippen LogP contribution >= 0.6 is 0 Å². The quantitative estimate of drug-likeness (QED) is 0.362. The van der Waals surface area contributed by atoms with Crippen LogP contribution in [-0.4, -0.2) is 32.6 Å². The number of hydrogen-bond donors (Lipinski definition) is 4. The van der Waals surface area contributed by atoms with Gasteiger partial charge in [-0.05, 0) is 49.5 Å². The molecule has 5 rings (SSSR count). The molecule has 1 aliphatic heterocycles. The summed E-state index contributed by atoms with van der Waals surface area (Å²) in [5.74, 6) is 1.07. The number of nitrogens with one attached hydrogen (secondary N) is 4. The fourth-order valence-electron chi connectivity index (χ4n) is 3.54. The molecule has 9 nitrogen and oxygen atoms in total. The number of rotatable bonds is 6. The van der Waals surface area contributed by atoms with E-state index in [0.717, 1.165) is 18.7 Å². The van der Waals surface area contributed by atoms with Crippen molar-refractivity contribution in [1.82, 2.24) is 25.2 Å². The van der Waals surface area contributed by atoms with Crippen molar-refractivity contribution >= 4 is 35.3 Å². The van der Waals surface area contributed by atoms with Gasteiger partial charge < -0.3 is 16.0 Å². The van der Waals surface area contributed by atoms with Crippen LogP contribution in [-0.2, 0) is 11.3 Å². The van der Waals surface area contributed by atoms with E-state index < -0.39 is 11.9 Å². The van der Waals surface area contributed by atoms with E-state index in [4.69, 9.17) is 4.98 Å². The fraction of sp³-hybridized carbons (Fsp3) is 0.273. The zero-order chi connectivity index (χ0) is 21.5. The number of urea groups is 1. The molecule has 2 fully saturated rings. The van der Waals surface area contributed by atoms with Gasteiger partial charge in [0.25, 0.3) is 5.91 Å². The fourth-order valence-corrected chi connectivity index (χ4v) is 3.54. The molecule has 158 valence electrons. The lowest BCUT2D eigenvalue weighted by molar-refractivity contribution is -0.115. The molecule has 0 unspecified atom stereocenters. The van der Waals surface area contributed by atoms with Crippen LogP contribution in [0.2, 0.25) is 0 Å². The maximum Gasteiger partial charge on any atom is 0.326 e. The number of carbonyl (C=O) groups is 2. The Labute approximate surface area is 178 Å². The average Bonchev–Trinajstić information content (AvgIpc) is 3.37. The molecular weight excluding hydrogens is 394 g/mol. The summed E-state index contributed by atoms with van der Waals surface area (Å²) in [6, 6.07) is 8.11. The van der Waals surface area contributed by atoms with Crippen LogP contribution in [0, 0.1) is 13.8 Å². The molecule has 3 heterocycles. The van der Waals surface area contributed by atoms with Gasteiger partial charge in [0.15, 0.2) is 5.65 Å². The van der Waals surface area contributed by atoms with Crippen LogP contribution in [0.1, 0.15) is 35.1 Å². The molecular formula is C22H23N7O2. The third-order valence-corrected chi connectivity index (χ3v) is 5.62. The van der Waals surface area contributed by atoms with Crippen LogP contribution < -0.4 is 21.3 Å². The minimum absolute atomic E-state index is 0.173. The van der Waals surface area contributed by atoms with Crippen molar-refractivity contribution in [2.45, 2.75) is 39.3 Å². The molecule has 1 aromatic carbocycles. The monoisotopic (exact) mass is 417 g/mol. The summed E-state index contributed by atoms with van der Waals surface area (Å²) in [7, 11) is 0. The number of fused-ring (bicyclic) bond motifs is 1. The van der Waals surface area contributed by atoms with Gasteiger partial charge in [0, 0.05) is 24.2 Å². The highest BCUT2D eigenvalue weighted by molar-refractivity contribution is 6.14. The van der Waals surface area contributed by atoms with E-state index in [1.165, 1.54) is 16.7 Å². The molecule has 0 spiro atoms. The maximum absolute atomic E-state index is 11.9. The highest BCUT2D eigenvalue weighted by Crippen LogP contribution is 2.28. The van der Waals surface area contributed by atoms with Gasteiger partial charge in [0.05, 0.1) is 6.20 Å². The highest BCUT2D eigenvalue weighted by Gasteiger charge is 2.25. The van der Waals surface area contributed by atoms with Gasteiger partial charge in [-0.25, -0.2) is 9.78 Å². The van der Waals surface area contributed by atoms with Crippen molar-refractivity contribution in [2.75, 3.05) is 10.6 Å². The van der Waals surface area contributed by atoms with E-state index in [0.29, 0.717) is 29.6 Å². The van der Waals surface area contributed by atoms with Crippen molar-refractivity contribution in [3.05, 3.63) is 58.4 Å². The van der Waals surface area contributed by atoms with Crippen LogP contribution in [0.5, 0.6) is 0 Å². The molecule has 2 aliphatic rings. The number of carbonyl (C=O) groups excluding carboxylic acids is 2. The zero-order valence-electron chi connectivity index (χ0n) is 17.3. The molecule has 1 saturated carbocycles. The van der Waals surface area contributed by atoms with Gasteiger partial charge in [-0.3, -0.25) is 10.1 Å². The van der Waals surface area contributed by atoms with Gasteiger partial charge in [0.2, 0.25) is 0 Å². The summed E-state index contributed by atoms with van der Waals surface area (Å²) in [6.45, 7) is 4.86. The summed E-state index contributed by atoms with van der Waals surface area (Å²) in [6.07, 6.45) is 5.48. The molecule has 0 bridgehead atoms. The highest BCUT2D eigenvalue weighted by atomic mass is 16.2. The lowest BCUT2D eigenvalue weighted by Gasteiger charge is -2.13. The molecule has 1 aliphatic carbocycles. The van der Waals surface area contributed by atoms with Crippen molar-refractivity contribution in [3.63, 3.8) is 0 Å². The number of imide groups is 1. The molecule has 31 heavy (non-hydrogen) atoms. The van der Waals surface area contributed by atoms with Crippen LogP contribution in [0.25, 0.3) is 11.7 Å². The number of aryl methyl sites for hydroxylation is 1. The summed E-state index contributed by atoms with van der Waals surface area (Å²) in [4.78, 5) is 28.1. The SMILES string of the molecule is Cc1cccc(CNc2cc(NC3CC3)n3ncc(/C=C4\NC(=O)NC4=O)c3n2)c1C. The Morgan fingerprint density at radius 1 is 1.23 bits per heavy atom. The Hall–Kier alpha value is -3.88. The molecule has 9 heteroatoms. The molecule has 0 radical (unpaired) electrons. The smallest absolute Gasteiger partial charge is 0.326 e. The second kappa shape index (κ2) is 7.42. The van der Waals surface area contributed by atoms with Crippen LogP contribution in [0.4, 0.5) is 16.4 Å². The molecule has 2 aromatic heterocycles. The van der Waals surface area contributed by atoms with Crippen LogP contribution in [0.3, 0.4) is 0 Å². The minimum Gasteiger partial charge on any atom is -0.367 e. The Kier molecular flexibility index (Phi) is 4.58. The summed E-state index contributed by atoms with van der Waals surface area (Å²) < 4.78 is 1.72. The van der Waals surface area contributed by atoms with Crippen LogP contribution in [0.15, 0.2) is 36.2 Å². The molecule has 0 atom stereocenters. The van der Waals surface area contributed by atoms with Crippen molar-refractivity contribution < 1.29 is 9.59 Å². The molecule has 3 aromatic rings. The summed E-state index contributed by atoms with van der Waals surface area (Å²) >= 11 is 0. The Morgan fingerprint density at radius 2 is 2.06 bits per heavy atom. The molecule has 1 saturated heterocycles. The average molecular weight is 417 g/mol. The number of nitrogens with zero attached hydrogens (tertiary/aromatic N) is 3. The molecule has 3 amide bonds. The predicted molar refractivity (Wildman–Crippen MR) is 118 cm³/mol. The molecule has 4 N–H and O–H groups in total. The number of aromatic nitrogens is 3. The largest absolute Gasteiger partial charge is 0.367 e. The Bertz CT molecular complexity index is 1240. The Morgan fingerprint density at radius 3 is 2.81 bits per heavy atom. The van der Waals surface area contributed by atoms with E-state index in [-0.39, 0.29) is 5.70 Å². The lowest BCUT2D eigenvalue weighted by atomic mass is 10.0. The van der Waals surface area contributed by atoms with E-state index in [2.05, 4.69) is 58.4 Å². The predicted octanol–water partition coefficient (Wildman–Crippen LogP) is 2.71. The van der Waals surface area contributed by atoms with E-state index >= 15 is 0 Å². The standard InChI is InChI=1S/C22H23N7O2/c1-12-4-3-5-14(13(12)2)10-23-18-9-19(25-16-6-7-16)29-20(27-18)15(11-24-29)8-17-21(30)28-22(31)26-17/h3-5,8-9,11,16,25H,6-7,10H2,1-2H3,(H,23,27)(H2,26,28,30,31)/b17-8-. The van der Waals surface area contributed by atoms with Crippen molar-refractivity contribution in [1.29, 1.82) is 0 Å². The first-order valence-electron chi connectivity index (χ1n) is 10.3. The van der Waals surface area contributed by atoms with Gasteiger partial charge in [-0.2, -0.15) is 9.61 Å². The topological polar surface area (TPSA) is 112 Å².